The van der Waals surface area contributed by atoms with Crippen molar-refractivity contribution in [2.45, 2.75) is 30.8 Å². The van der Waals surface area contributed by atoms with Crippen LogP contribution < -0.4 is 15.4 Å². The molecule has 36 heavy (non-hydrogen) atoms. The van der Waals surface area contributed by atoms with Gasteiger partial charge in [-0.05, 0) is 60.0 Å². The summed E-state index contributed by atoms with van der Waals surface area (Å²) in [6.07, 6.45) is 0.886. The lowest BCUT2D eigenvalue weighted by atomic mass is 10.1. The lowest BCUT2D eigenvalue weighted by Crippen LogP contribution is -2.29. The minimum absolute atomic E-state index is 0.134. The fourth-order valence-corrected chi connectivity index (χ4v) is 4.80. The zero-order valence-corrected chi connectivity index (χ0v) is 22.1. The quantitative estimate of drug-likeness (QED) is 0.229. The van der Waals surface area contributed by atoms with E-state index >= 15 is 0 Å². The van der Waals surface area contributed by atoms with E-state index in [1.165, 1.54) is 11.8 Å². The van der Waals surface area contributed by atoms with Gasteiger partial charge in [0.2, 0.25) is 0 Å². The van der Waals surface area contributed by atoms with E-state index in [9.17, 15) is 4.79 Å². The van der Waals surface area contributed by atoms with Crippen molar-refractivity contribution in [2.75, 3.05) is 12.4 Å². The Balaban J connectivity index is 1.55. The van der Waals surface area contributed by atoms with Gasteiger partial charge in [-0.2, -0.15) is 0 Å². The van der Waals surface area contributed by atoms with Crippen molar-refractivity contribution in [3.05, 3.63) is 93.7 Å². The summed E-state index contributed by atoms with van der Waals surface area (Å²) in [5.41, 5.74) is 3.57. The standard InChI is InChI=1S/C26H25Cl2N5O2S/c1-3-17-6-4-8-20(12-17)30-25(34)29-15-24-31-32-26(33(24)23-14-19(27)10-11-22(23)28)36-16-18-7-5-9-21(13-18)35-2/h4-14H,3,15-16H2,1-2H3,(H2,29,30,34). The number of benzene rings is 3. The van der Waals surface area contributed by atoms with E-state index in [-0.39, 0.29) is 12.6 Å². The van der Waals surface area contributed by atoms with Crippen LogP contribution in [0.25, 0.3) is 5.69 Å². The number of rotatable bonds is 9. The minimum atomic E-state index is -0.347. The third kappa shape index (κ3) is 6.51. The van der Waals surface area contributed by atoms with E-state index < -0.39 is 0 Å². The van der Waals surface area contributed by atoms with Crippen LogP contribution in [0, 0.1) is 0 Å². The number of nitrogens with one attached hydrogen (secondary N) is 2. The summed E-state index contributed by atoms with van der Waals surface area (Å²) in [6.45, 7) is 2.20. The van der Waals surface area contributed by atoms with Gasteiger partial charge in [-0.1, -0.05) is 66.2 Å². The highest BCUT2D eigenvalue weighted by atomic mass is 35.5. The SMILES string of the molecule is CCc1cccc(NC(=O)NCc2nnc(SCc3cccc(OC)c3)n2-c2cc(Cl)ccc2Cl)c1. The molecule has 0 fully saturated rings. The van der Waals surface area contributed by atoms with Crippen molar-refractivity contribution in [1.29, 1.82) is 0 Å². The second kappa shape index (κ2) is 12.2. The van der Waals surface area contributed by atoms with Crippen LogP contribution in [0.3, 0.4) is 0 Å². The Morgan fingerprint density at radius 1 is 1.03 bits per heavy atom. The molecule has 0 unspecified atom stereocenters. The number of nitrogens with zero attached hydrogens (tertiary/aromatic N) is 3. The molecule has 3 aromatic carbocycles. The number of amides is 2. The van der Waals surface area contributed by atoms with Crippen LogP contribution in [0.4, 0.5) is 10.5 Å². The lowest BCUT2D eigenvalue weighted by molar-refractivity contribution is 0.251. The second-order valence-electron chi connectivity index (χ2n) is 7.83. The Morgan fingerprint density at radius 3 is 2.64 bits per heavy atom. The second-order valence-corrected chi connectivity index (χ2v) is 9.62. The number of ether oxygens (including phenoxy) is 1. The van der Waals surface area contributed by atoms with Crippen molar-refractivity contribution in [1.82, 2.24) is 20.1 Å². The third-order valence-electron chi connectivity index (χ3n) is 5.35. The van der Waals surface area contributed by atoms with Crippen molar-refractivity contribution >= 4 is 46.7 Å². The Kier molecular flexibility index (Phi) is 8.74. The molecule has 2 amide bonds. The molecule has 4 aromatic rings. The van der Waals surface area contributed by atoms with Gasteiger partial charge in [0, 0.05) is 16.5 Å². The number of methoxy groups -OCH3 is 1. The van der Waals surface area contributed by atoms with E-state index in [0.717, 1.165) is 29.0 Å². The molecular weight excluding hydrogens is 517 g/mol. The summed E-state index contributed by atoms with van der Waals surface area (Å²) in [4.78, 5) is 12.6. The lowest BCUT2D eigenvalue weighted by Gasteiger charge is -2.13. The van der Waals surface area contributed by atoms with Gasteiger partial charge in [-0.3, -0.25) is 4.57 Å². The number of aryl methyl sites for hydroxylation is 1. The number of aromatic nitrogens is 3. The fraction of sp³-hybridized carbons (Fsp3) is 0.192. The number of urea groups is 1. The number of anilines is 1. The predicted molar refractivity (Wildman–Crippen MR) is 146 cm³/mol. The molecule has 2 N–H and O–H groups in total. The number of halogens is 2. The predicted octanol–water partition coefficient (Wildman–Crippen LogP) is 6.76. The zero-order chi connectivity index (χ0) is 25.5. The van der Waals surface area contributed by atoms with Crippen LogP contribution in [0.2, 0.25) is 10.0 Å². The molecule has 0 saturated heterocycles. The first-order valence-corrected chi connectivity index (χ1v) is 13.0. The maximum atomic E-state index is 12.6. The van der Waals surface area contributed by atoms with Crippen molar-refractivity contribution in [3.63, 3.8) is 0 Å². The van der Waals surface area contributed by atoms with Crippen LogP contribution >= 0.6 is 35.0 Å². The van der Waals surface area contributed by atoms with Crippen LogP contribution in [-0.4, -0.2) is 27.9 Å². The van der Waals surface area contributed by atoms with Gasteiger partial charge >= 0.3 is 6.03 Å². The van der Waals surface area contributed by atoms with Gasteiger partial charge in [-0.25, -0.2) is 4.79 Å². The van der Waals surface area contributed by atoms with Gasteiger partial charge in [0.1, 0.15) is 5.75 Å². The summed E-state index contributed by atoms with van der Waals surface area (Å²) in [5, 5.41) is 16.1. The molecule has 10 heteroatoms. The molecule has 0 atom stereocenters. The number of hydrogen-bond donors (Lipinski definition) is 2. The Hall–Kier alpha value is -3.20. The largest absolute Gasteiger partial charge is 0.497 e. The molecule has 0 spiro atoms. The molecule has 0 bridgehead atoms. The number of thioether (sulfide) groups is 1. The smallest absolute Gasteiger partial charge is 0.319 e. The Bertz CT molecular complexity index is 1360. The summed E-state index contributed by atoms with van der Waals surface area (Å²) >= 11 is 14.3. The van der Waals surface area contributed by atoms with E-state index in [1.54, 1.807) is 25.3 Å². The number of carbonyl (C=O) groups is 1. The summed E-state index contributed by atoms with van der Waals surface area (Å²) in [6, 6.07) is 20.4. The molecule has 186 valence electrons. The molecule has 7 nitrogen and oxygen atoms in total. The summed E-state index contributed by atoms with van der Waals surface area (Å²) in [7, 11) is 1.64. The molecule has 0 aliphatic carbocycles. The highest BCUT2D eigenvalue weighted by Crippen LogP contribution is 2.31. The third-order valence-corrected chi connectivity index (χ3v) is 6.91. The minimum Gasteiger partial charge on any atom is -0.497 e. The van der Waals surface area contributed by atoms with Gasteiger partial charge in [0.25, 0.3) is 0 Å². The molecular formula is C26H25Cl2N5O2S. The van der Waals surface area contributed by atoms with Gasteiger partial charge in [0.05, 0.1) is 24.4 Å². The van der Waals surface area contributed by atoms with E-state index in [2.05, 4.69) is 27.8 Å². The van der Waals surface area contributed by atoms with Crippen molar-refractivity contribution in [2.24, 2.45) is 0 Å². The van der Waals surface area contributed by atoms with Crippen molar-refractivity contribution < 1.29 is 9.53 Å². The highest BCUT2D eigenvalue weighted by Gasteiger charge is 2.18. The molecule has 0 saturated carbocycles. The van der Waals surface area contributed by atoms with Crippen LogP contribution in [0.1, 0.15) is 23.9 Å². The van der Waals surface area contributed by atoms with Crippen LogP contribution in [-0.2, 0) is 18.7 Å². The molecule has 0 radical (unpaired) electrons. The maximum absolute atomic E-state index is 12.6. The van der Waals surface area contributed by atoms with Gasteiger partial charge in [0.15, 0.2) is 11.0 Å². The first-order chi connectivity index (χ1) is 17.5. The van der Waals surface area contributed by atoms with E-state index in [0.29, 0.717) is 32.5 Å². The molecule has 0 aliphatic heterocycles. The summed E-state index contributed by atoms with van der Waals surface area (Å²) < 4.78 is 7.14. The molecule has 1 heterocycles. The molecule has 4 rings (SSSR count). The number of hydrogen-bond acceptors (Lipinski definition) is 5. The monoisotopic (exact) mass is 541 g/mol. The Labute approximate surface area is 224 Å². The van der Waals surface area contributed by atoms with E-state index in [4.69, 9.17) is 27.9 Å². The first kappa shape index (κ1) is 25.9. The van der Waals surface area contributed by atoms with Gasteiger partial charge in [-0.15, -0.1) is 10.2 Å². The Morgan fingerprint density at radius 2 is 1.83 bits per heavy atom. The average Bonchev–Trinajstić information content (AvgIpc) is 3.30. The zero-order valence-electron chi connectivity index (χ0n) is 19.8. The van der Waals surface area contributed by atoms with Gasteiger partial charge < -0.3 is 15.4 Å². The maximum Gasteiger partial charge on any atom is 0.319 e. The van der Waals surface area contributed by atoms with Crippen molar-refractivity contribution in [3.8, 4) is 11.4 Å². The fourth-order valence-electron chi connectivity index (χ4n) is 3.52. The average molecular weight is 542 g/mol. The molecule has 0 aliphatic rings. The number of carbonyl (C=O) groups excluding carboxylic acids is 1. The van der Waals surface area contributed by atoms with E-state index in [1.807, 2.05) is 53.1 Å². The molecule has 1 aromatic heterocycles. The topological polar surface area (TPSA) is 81.1 Å². The highest BCUT2D eigenvalue weighted by molar-refractivity contribution is 7.98. The van der Waals surface area contributed by atoms with Crippen LogP contribution in [0.15, 0.2) is 71.9 Å². The summed E-state index contributed by atoms with van der Waals surface area (Å²) in [5.74, 6) is 1.94. The van der Waals surface area contributed by atoms with Crippen LogP contribution in [0.5, 0.6) is 5.75 Å². The normalized spacial score (nSPS) is 10.8. The first-order valence-electron chi connectivity index (χ1n) is 11.3.